The zero-order valence-electron chi connectivity index (χ0n) is 30.5. The van der Waals surface area contributed by atoms with Gasteiger partial charge >= 0.3 is 13.9 Å². The molecule has 0 saturated heterocycles. The van der Waals surface area contributed by atoms with Crippen molar-refractivity contribution < 1.29 is 32.5 Å². The molecule has 1 aromatic rings. The van der Waals surface area contributed by atoms with E-state index in [0.29, 0.717) is 30.6 Å². The van der Waals surface area contributed by atoms with Gasteiger partial charge in [-0.15, -0.1) is 0 Å². The molecule has 9 nitrogen and oxygen atoms in total. The van der Waals surface area contributed by atoms with Crippen molar-refractivity contribution >= 4 is 13.9 Å². The van der Waals surface area contributed by atoms with Gasteiger partial charge in [0.1, 0.15) is 19.3 Å². The standard InChI is InChI=1S/C37H70N3O6P/c1-5-6-7-8-9-10-11-12-13-14-15-16-17-18-19-20-21-25-31-44-34-36(46-47(42,43)45-32-30-40(2,3)4)33-39-37(41)38-29-28-35-26-23-22-24-27-35/h22-24,26-27,36H,5-21,25,28-34H2,1-4H3,(H2-,38,39,41,42,43)/p+1. The maximum Gasteiger partial charge on any atom is 0.472 e. The number of carbonyl (C=O) groups is 1. The summed E-state index contributed by atoms with van der Waals surface area (Å²) in [4.78, 5) is 22.7. The Morgan fingerprint density at radius 2 is 1.28 bits per heavy atom. The highest BCUT2D eigenvalue weighted by atomic mass is 31.2. The van der Waals surface area contributed by atoms with Gasteiger partial charge in [-0.2, -0.15) is 0 Å². The van der Waals surface area contributed by atoms with Gasteiger partial charge in [-0.1, -0.05) is 146 Å². The number of likely N-dealkylation sites (N-methyl/N-ethyl adjacent to an activating group) is 1. The van der Waals surface area contributed by atoms with Crippen molar-refractivity contribution in [3.8, 4) is 0 Å². The molecule has 274 valence electrons. The van der Waals surface area contributed by atoms with Crippen LogP contribution in [-0.4, -0.2) is 82.1 Å². The molecule has 1 aromatic carbocycles. The number of amides is 2. The third-order valence-electron chi connectivity index (χ3n) is 8.28. The highest BCUT2D eigenvalue weighted by Crippen LogP contribution is 2.44. The second-order valence-corrected chi connectivity index (χ2v) is 15.4. The average molecular weight is 685 g/mol. The zero-order valence-corrected chi connectivity index (χ0v) is 31.4. The lowest BCUT2D eigenvalue weighted by Crippen LogP contribution is -2.42. The van der Waals surface area contributed by atoms with E-state index < -0.39 is 13.9 Å². The van der Waals surface area contributed by atoms with Gasteiger partial charge in [0.2, 0.25) is 0 Å². The van der Waals surface area contributed by atoms with Crippen LogP contribution < -0.4 is 10.6 Å². The van der Waals surface area contributed by atoms with Crippen molar-refractivity contribution in [1.29, 1.82) is 0 Å². The third-order valence-corrected chi connectivity index (χ3v) is 9.35. The number of urea groups is 1. The molecule has 0 radical (unpaired) electrons. The number of phosphoric acid groups is 1. The van der Waals surface area contributed by atoms with E-state index in [9.17, 15) is 14.3 Å². The lowest BCUT2D eigenvalue weighted by molar-refractivity contribution is -0.870. The normalized spacial score (nSPS) is 13.7. The summed E-state index contributed by atoms with van der Waals surface area (Å²) in [5.74, 6) is 0. The lowest BCUT2D eigenvalue weighted by atomic mass is 10.0. The van der Waals surface area contributed by atoms with Crippen LogP contribution in [0.1, 0.15) is 128 Å². The largest absolute Gasteiger partial charge is 0.472 e. The first kappa shape index (κ1) is 43.5. The molecule has 0 heterocycles. The monoisotopic (exact) mass is 685 g/mol. The second kappa shape index (κ2) is 28.4. The molecule has 0 aliphatic carbocycles. The minimum Gasteiger partial charge on any atom is -0.379 e. The van der Waals surface area contributed by atoms with E-state index in [1.807, 2.05) is 51.5 Å². The van der Waals surface area contributed by atoms with Crippen LogP contribution in [0.3, 0.4) is 0 Å². The molecule has 2 atom stereocenters. The Hall–Kier alpha value is -1.48. The number of carbonyl (C=O) groups excluding carboxylic acids is 1. The number of benzene rings is 1. The number of rotatable bonds is 32. The summed E-state index contributed by atoms with van der Waals surface area (Å²) in [7, 11) is 1.61. The first-order chi connectivity index (χ1) is 22.6. The fourth-order valence-corrected chi connectivity index (χ4v) is 6.22. The Morgan fingerprint density at radius 1 is 0.766 bits per heavy atom. The fourth-order valence-electron chi connectivity index (χ4n) is 5.33. The zero-order chi connectivity index (χ0) is 34.5. The molecule has 10 heteroatoms. The van der Waals surface area contributed by atoms with Gasteiger partial charge in [0.05, 0.1) is 27.7 Å². The maximum absolute atomic E-state index is 12.6. The SMILES string of the molecule is CCCCCCCCCCCCCCCCCCCCOCC(CNC(=O)NCCc1ccccc1)OP(=O)(O)OCC[N+](C)(C)C. The number of quaternary nitrogens is 1. The summed E-state index contributed by atoms with van der Waals surface area (Å²) in [5.41, 5.74) is 1.13. The maximum atomic E-state index is 12.6. The van der Waals surface area contributed by atoms with Gasteiger partial charge in [-0.25, -0.2) is 9.36 Å². The summed E-state index contributed by atoms with van der Waals surface area (Å²) in [6, 6.07) is 9.55. The Balaban J connectivity index is 2.18. The van der Waals surface area contributed by atoms with E-state index in [-0.39, 0.29) is 25.8 Å². The van der Waals surface area contributed by atoms with Crippen LogP contribution >= 0.6 is 7.82 Å². The van der Waals surface area contributed by atoms with Crippen molar-refractivity contribution in [2.75, 3.05) is 60.6 Å². The molecule has 0 fully saturated rings. The third kappa shape index (κ3) is 29.2. The van der Waals surface area contributed by atoms with E-state index in [2.05, 4.69) is 17.6 Å². The molecule has 0 aliphatic rings. The van der Waals surface area contributed by atoms with Crippen molar-refractivity contribution in [1.82, 2.24) is 10.6 Å². The highest BCUT2D eigenvalue weighted by molar-refractivity contribution is 7.47. The van der Waals surface area contributed by atoms with E-state index in [0.717, 1.165) is 18.4 Å². The summed E-state index contributed by atoms with van der Waals surface area (Å²) < 4.78 is 29.6. The number of hydrogen-bond donors (Lipinski definition) is 3. The van der Waals surface area contributed by atoms with Crippen LogP contribution in [0.25, 0.3) is 0 Å². The number of hydrogen-bond acceptors (Lipinski definition) is 5. The lowest BCUT2D eigenvalue weighted by Gasteiger charge is -2.25. The first-order valence-corrected chi connectivity index (χ1v) is 20.2. The molecule has 2 unspecified atom stereocenters. The predicted molar refractivity (Wildman–Crippen MR) is 195 cm³/mol. The molecule has 0 bridgehead atoms. The molecule has 0 spiro atoms. The topological polar surface area (TPSA) is 106 Å². The van der Waals surface area contributed by atoms with Gasteiger partial charge in [0.25, 0.3) is 0 Å². The molecule has 0 aromatic heterocycles. The molecule has 1 rings (SSSR count). The molecular weight excluding hydrogens is 613 g/mol. The second-order valence-electron chi connectivity index (χ2n) is 14.0. The first-order valence-electron chi connectivity index (χ1n) is 18.7. The van der Waals surface area contributed by atoms with E-state index in [4.69, 9.17) is 13.8 Å². The highest BCUT2D eigenvalue weighted by Gasteiger charge is 2.28. The van der Waals surface area contributed by atoms with Crippen LogP contribution in [0.15, 0.2) is 30.3 Å². The quantitative estimate of drug-likeness (QED) is 0.0398. The molecule has 0 aliphatic heterocycles. The van der Waals surface area contributed by atoms with Crippen LogP contribution in [0.2, 0.25) is 0 Å². The Bertz CT molecular complexity index is 915. The van der Waals surface area contributed by atoms with Gasteiger partial charge in [0, 0.05) is 19.7 Å². The predicted octanol–water partition coefficient (Wildman–Crippen LogP) is 8.80. The van der Waals surface area contributed by atoms with Crippen molar-refractivity contribution in [2.45, 2.75) is 135 Å². The van der Waals surface area contributed by atoms with Crippen LogP contribution in [0.4, 0.5) is 4.79 Å². The summed E-state index contributed by atoms with van der Waals surface area (Å²) in [5, 5.41) is 5.56. The van der Waals surface area contributed by atoms with E-state index in [1.165, 1.54) is 103 Å². The van der Waals surface area contributed by atoms with Gasteiger partial charge in [-0.05, 0) is 18.4 Å². The number of phosphoric ester groups is 1. The Labute approximate surface area is 288 Å². The van der Waals surface area contributed by atoms with Crippen molar-refractivity contribution in [2.24, 2.45) is 0 Å². The number of nitrogens with zero attached hydrogens (tertiary/aromatic N) is 1. The van der Waals surface area contributed by atoms with Crippen molar-refractivity contribution in [3.63, 3.8) is 0 Å². The van der Waals surface area contributed by atoms with E-state index >= 15 is 0 Å². The van der Waals surface area contributed by atoms with Crippen LogP contribution in [0.5, 0.6) is 0 Å². The molecule has 0 saturated carbocycles. The smallest absolute Gasteiger partial charge is 0.379 e. The summed E-state index contributed by atoms with van der Waals surface area (Å²) in [6.07, 6.45) is 23.8. The number of ether oxygens (including phenoxy) is 1. The minimum absolute atomic E-state index is 0.0273. The van der Waals surface area contributed by atoms with Crippen LogP contribution in [-0.2, 0) is 24.8 Å². The van der Waals surface area contributed by atoms with Crippen molar-refractivity contribution in [3.05, 3.63) is 35.9 Å². The van der Waals surface area contributed by atoms with Gasteiger partial charge in [-0.3, -0.25) is 9.05 Å². The molecule has 47 heavy (non-hydrogen) atoms. The van der Waals surface area contributed by atoms with E-state index in [1.54, 1.807) is 0 Å². The molecule has 2 amide bonds. The molecular formula is C37H71N3O6P+. The van der Waals surface area contributed by atoms with Crippen LogP contribution in [0, 0.1) is 0 Å². The number of nitrogens with one attached hydrogen (secondary N) is 2. The minimum atomic E-state index is -4.31. The van der Waals surface area contributed by atoms with Gasteiger partial charge < -0.3 is 24.7 Å². The summed E-state index contributed by atoms with van der Waals surface area (Å²) >= 11 is 0. The molecule has 3 N–H and O–H groups in total. The Kier molecular flexibility index (Phi) is 26.3. The average Bonchev–Trinajstić information content (AvgIpc) is 3.02. The number of unbranched alkanes of at least 4 members (excludes halogenated alkanes) is 17. The summed E-state index contributed by atoms with van der Waals surface area (Å²) in [6.45, 7) is 4.05. The Morgan fingerprint density at radius 3 is 1.79 bits per heavy atom. The fraction of sp³-hybridized carbons (Fsp3) is 0.811. The van der Waals surface area contributed by atoms with Gasteiger partial charge in [0.15, 0.2) is 0 Å².